The first-order chi connectivity index (χ1) is 44.7. The van der Waals surface area contributed by atoms with Crippen LogP contribution in [0.15, 0.2) is 294 Å². The van der Waals surface area contributed by atoms with Crippen LogP contribution in [0.4, 0.5) is 0 Å². The van der Waals surface area contributed by atoms with Crippen molar-refractivity contribution in [3.8, 4) is 56.9 Å². The first-order valence-corrected chi connectivity index (χ1v) is 30.4. The van der Waals surface area contributed by atoms with E-state index in [4.69, 9.17) is 23.8 Å². The summed E-state index contributed by atoms with van der Waals surface area (Å²) in [6, 6.07) is 102. The number of aromatic nitrogens is 7. The Hall–Kier alpha value is -12.3. The lowest BCUT2D eigenvalue weighted by molar-refractivity contribution is 0.669. The predicted molar refractivity (Wildman–Crippen MR) is 368 cm³/mol. The zero-order valence-corrected chi connectivity index (χ0v) is 48.1. The molecule has 0 amide bonds. The fourth-order valence-electron chi connectivity index (χ4n) is 14.9. The molecule has 9 heteroatoms. The summed E-state index contributed by atoms with van der Waals surface area (Å²) in [7, 11) is 0. The van der Waals surface area contributed by atoms with E-state index in [9.17, 15) is 0 Å². The second kappa shape index (κ2) is 18.6. The maximum absolute atomic E-state index is 6.78. The smallest absolute Gasteiger partial charge is 0.167 e. The highest BCUT2D eigenvalue weighted by Gasteiger charge is 2.30. The Morgan fingerprint density at radius 2 is 0.567 bits per heavy atom. The maximum Gasteiger partial charge on any atom is 0.167 e. The Morgan fingerprint density at radius 3 is 1.00 bits per heavy atom. The molecule has 0 fully saturated rings. The lowest BCUT2D eigenvalue weighted by Gasteiger charge is -2.18. The average molecular weight is 1150 g/mol. The van der Waals surface area contributed by atoms with Crippen LogP contribution in [0.2, 0.25) is 0 Å². The van der Waals surface area contributed by atoms with Crippen molar-refractivity contribution < 1.29 is 8.83 Å². The summed E-state index contributed by atoms with van der Waals surface area (Å²) in [6.45, 7) is 0. The second-order valence-electron chi connectivity index (χ2n) is 23.3. The normalized spacial score (nSPS) is 12.2. The minimum atomic E-state index is 0.474. The summed E-state index contributed by atoms with van der Waals surface area (Å²) in [4.78, 5) is 16.7. The summed E-state index contributed by atoms with van der Waals surface area (Å²) in [5.41, 5.74) is 18.2. The summed E-state index contributed by atoms with van der Waals surface area (Å²) in [5, 5.41) is 13.3. The van der Waals surface area contributed by atoms with E-state index in [1.807, 2.05) is 36.4 Å². The number of para-hydroxylation sites is 11. The Labute approximate surface area is 512 Å². The summed E-state index contributed by atoms with van der Waals surface area (Å²) >= 11 is 0. The van der Waals surface area contributed by atoms with Crippen LogP contribution < -0.4 is 0 Å². The molecule has 0 aliphatic carbocycles. The van der Waals surface area contributed by atoms with Gasteiger partial charge in [0.2, 0.25) is 0 Å². The van der Waals surface area contributed by atoms with Crippen molar-refractivity contribution >= 4 is 131 Å². The molecule has 0 aliphatic heterocycles. The third-order valence-corrected chi connectivity index (χ3v) is 18.6. The van der Waals surface area contributed by atoms with Gasteiger partial charge in [0.15, 0.2) is 17.5 Å². The topological polar surface area (TPSA) is 84.7 Å². The lowest BCUT2D eigenvalue weighted by Crippen LogP contribution is -2.05. The molecule has 0 radical (unpaired) electrons. The molecule has 418 valence electrons. The molecule has 13 aromatic carbocycles. The van der Waals surface area contributed by atoms with Gasteiger partial charge in [-0.05, 0) is 97.1 Å². The molecule has 0 bridgehead atoms. The molecule has 0 unspecified atom stereocenters. The van der Waals surface area contributed by atoms with Crippen molar-refractivity contribution in [1.82, 2.24) is 33.2 Å². The molecule has 0 atom stereocenters. The van der Waals surface area contributed by atoms with Crippen LogP contribution in [0.25, 0.3) is 188 Å². The molecular formula is C81H47N7O2. The van der Waals surface area contributed by atoms with Gasteiger partial charge >= 0.3 is 0 Å². The Kier molecular flexibility index (Phi) is 10.1. The van der Waals surface area contributed by atoms with E-state index in [1.54, 1.807) is 0 Å². The quantitative estimate of drug-likeness (QED) is 0.159. The third kappa shape index (κ3) is 6.77. The first-order valence-electron chi connectivity index (χ1n) is 30.4. The molecule has 9 nitrogen and oxygen atoms in total. The van der Waals surface area contributed by atoms with Gasteiger partial charge in [-0.1, -0.05) is 188 Å². The van der Waals surface area contributed by atoms with E-state index < -0.39 is 0 Å². The summed E-state index contributed by atoms with van der Waals surface area (Å²) in [5.74, 6) is 1.44. The number of rotatable bonds is 7. The summed E-state index contributed by atoms with van der Waals surface area (Å²) < 4.78 is 23.5. The standard InChI is InChI=1S/C81H47N7O2/c1-3-23-48(24-4-1)85-65-40-16-9-31-57(65)71-74-72(58-32-10-17-41-66(58)86(74)49-25-5-2-6-26-49)76-73(75(71)85)59-33-11-18-42-67(59)87(76)50-45-46-60(68(47-50)88-63-38-14-7-27-51(63)52-28-8-15-39-64(52)88)79-82-80(61-36-21-34-55-53-29-12-19-43-69(53)89-77(55)61)84-81(83-79)62-37-22-35-56-54-30-13-20-44-70(54)90-78(56)62/h1-47H. The van der Waals surface area contributed by atoms with Crippen molar-refractivity contribution in [2.75, 3.05) is 0 Å². The minimum Gasteiger partial charge on any atom is -0.455 e. The molecular weight excluding hydrogens is 1100 g/mol. The molecule has 0 spiro atoms. The van der Waals surface area contributed by atoms with Gasteiger partial charge in [-0.3, -0.25) is 0 Å². The van der Waals surface area contributed by atoms with Gasteiger partial charge < -0.3 is 27.1 Å². The van der Waals surface area contributed by atoms with Crippen molar-refractivity contribution in [3.05, 3.63) is 285 Å². The monoisotopic (exact) mass is 1150 g/mol. The van der Waals surface area contributed by atoms with Crippen LogP contribution in [0.3, 0.4) is 0 Å². The van der Waals surface area contributed by atoms with Crippen LogP contribution in [0.1, 0.15) is 0 Å². The molecule has 7 heterocycles. The van der Waals surface area contributed by atoms with Gasteiger partial charge in [-0.15, -0.1) is 0 Å². The minimum absolute atomic E-state index is 0.474. The zero-order chi connectivity index (χ0) is 58.7. The molecule has 7 aromatic heterocycles. The van der Waals surface area contributed by atoms with Crippen LogP contribution in [0, 0.1) is 0 Å². The maximum atomic E-state index is 6.78. The molecule has 20 aromatic rings. The molecule has 20 rings (SSSR count). The van der Waals surface area contributed by atoms with E-state index in [-0.39, 0.29) is 0 Å². The largest absolute Gasteiger partial charge is 0.455 e. The van der Waals surface area contributed by atoms with Gasteiger partial charge in [0.1, 0.15) is 22.3 Å². The molecule has 0 N–H and O–H groups in total. The van der Waals surface area contributed by atoms with Crippen LogP contribution in [-0.2, 0) is 0 Å². The van der Waals surface area contributed by atoms with E-state index in [2.05, 4.69) is 267 Å². The number of hydrogen-bond acceptors (Lipinski definition) is 5. The number of fused-ring (bicyclic) bond motifs is 21. The lowest BCUT2D eigenvalue weighted by atomic mass is 10.0. The fraction of sp³-hybridized carbons (Fsp3) is 0. The predicted octanol–water partition coefficient (Wildman–Crippen LogP) is 21.1. The second-order valence-corrected chi connectivity index (χ2v) is 23.3. The number of benzene rings is 13. The first kappa shape index (κ1) is 48.9. The van der Waals surface area contributed by atoms with E-state index in [1.165, 1.54) is 10.8 Å². The van der Waals surface area contributed by atoms with Crippen molar-refractivity contribution in [3.63, 3.8) is 0 Å². The van der Waals surface area contributed by atoms with Crippen LogP contribution >= 0.6 is 0 Å². The molecule has 90 heavy (non-hydrogen) atoms. The van der Waals surface area contributed by atoms with Crippen LogP contribution in [0.5, 0.6) is 0 Å². The van der Waals surface area contributed by atoms with Gasteiger partial charge in [-0.2, -0.15) is 0 Å². The van der Waals surface area contributed by atoms with Crippen molar-refractivity contribution in [1.29, 1.82) is 0 Å². The molecule has 0 saturated heterocycles. The SMILES string of the molecule is c1ccc(-n2c3ccccc3c3c2c2c4ccccc4n(-c4ccc(-c5nc(-c6cccc7c6oc6ccccc67)nc(-c6cccc7c6oc6ccccc67)n5)c(-n5c6ccccc6c6ccccc65)c4)c2c2c4ccccc4n(-c4ccccc4)c32)cc1. The molecule has 0 saturated carbocycles. The van der Waals surface area contributed by atoms with E-state index >= 15 is 0 Å². The number of hydrogen-bond donors (Lipinski definition) is 0. The average Bonchev–Trinajstić information content (AvgIpc) is 1.51. The number of nitrogens with zero attached hydrogens (tertiary/aromatic N) is 7. The molecule has 0 aliphatic rings. The highest BCUT2D eigenvalue weighted by molar-refractivity contribution is 6.40. The zero-order valence-electron chi connectivity index (χ0n) is 48.1. The van der Waals surface area contributed by atoms with Gasteiger partial charge in [0.25, 0.3) is 0 Å². The Bertz CT molecular complexity index is 6160. The van der Waals surface area contributed by atoms with E-state index in [0.29, 0.717) is 28.6 Å². The fourth-order valence-corrected chi connectivity index (χ4v) is 14.9. The van der Waals surface area contributed by atoms with Gasteiger partial charge in [-0.25, -0.2) is 15.0 Å². The summed E-state index contributed by atoms with van der Waals surface area (Å²) in [6.07, 6.45) is 0. The number of furan rings is 2. The van der Waals surface area contributed by atoms with Gasteiger partial charge in [0, 0.05) is 87.3 Å². The Morgan fingerprint density at radius 1 is 0.233 bits per heavy atom. The van der Waals surface area contributed by atoms with Crippen LogP contribution in [-0.4, -0.2) is 33.2 Å². The van der Waals surface area contributed by atoms with Crippen molar-refractivity contribution in [2.45, 2.75) is 0 Å². The third-order valence-electron chi connectivity index (χ3n) is 18.6. The highest BCUT2D eigenvalue weighted by Crippen LogP contribution is 2.51. The van der Waals surface area contributed by atoms with Crippen molar-refractivity contribution in [2.24, 2.45) is 0 Å². The highest BCUT2D eigenvalue weighted by atomic mass is 16.3. The Balaban J connectivity index is 0.951. The van der Waals surface area contributed by atoms with Gasteiger partial charge in [0.05, 0.1) is 60.9 Å². The van der Waals surface area contributed by atoms with E-state index in [0.717, 1.165) is 149 Å².